The molecule has 0 bridgehead atoms. The maximum absolute atomic E-state index is 11.5. The number of primary amides is 1. The molecule has 0 aliphatic heterocycles. The summed E-state index contributed by atoms with van der Waals surface area (Å²) in [5.74, 6) is -0.553. The van der Waals surface area contributed by atoms with Gasteiger partial charge in [0.25, 0.3) is 5.91 Å². The Balaban J connectivity index is 2.68. The van der Waals surface area contributed by atoms with Crippen LogP contribution in [0.4, 0.5) is 0 Å². The Morgan fingerprint density at radius 1 is 1.28 bits per heavy atom. The third-order valence-electron chi connectivity index (χ3n) is 2.67. The first-order valence-electron chi connectivity index (χ1n) is 5.42. The zero-order valence-electron chi connectivity index (χ0n) is 10.2. The highest BCUT2D eigenvalue weighted by molar-refractivity contribution is 5.97. The third kappa shape index (κ3) is 2.18. The SMILES string of the molecule is COC(OC)c1nc2ccccc2cc1C(N)=O. The van der Waals surface area contributed by atoms with Gasteiger partial charge in [0, 0.05) is 19.6 Å². The fourth-order valence-corrected chi connectivity index (χ4v) is 1.83. The van der Waals surface area contributed by atoms with Gasteiger partial charge in [-0.3, -0.25) is 4.79 Å². The molecule has 0 radical (unpaired) electrons. The number of para-hydroxylation sites is 1. The number of hydrogen-bond acceptors (Lipinski definition) is 4. The molecule has 18 heavy (non-hydrogen) atoms. The predicted octanol–water partition coefficient (Wildman–Crippen LogP) is 1.63. The van der Waals surface area contributed by atoms with Crippen molar-refractivity contribution in [3.05, 3.63) is 41.6 Å². The summed E-state index contributed by atoms with van der Waals surface area (Å²) in [5, 5.41) is 0.848. The Morgan fingerprint density at radius 3 is 2.56 bits per heavy atom. The van der Waals surface area contributed by atoms with Crippen LogP contribution in [0.3, 0.4) is 0 Å². The van der Waals surface area contributed by atoms with Gasteiger partial charge in [-0.05, 0) is 12.1 Å². The minimum Gasteiger partial charge on any atom is -0.366 e. The van der Waals surface area contributed by atoms with Crippen molar-refractivity contribution in [2.45, 2.75) is 6.29 Å². The zero-order chi connectivity index (χ0) is 13.1. The zero-order valence-corrected chi connectivity index (χ0v) is 10.2. The topological polar surface area (TPSA) is 74.4 Å². The summed E-state index contributed by atoms with van der Waals surface area (Å²) < 4.78 is 10.3. The highest BCUT2D eigenvalue weighted by Crippen LogP contribution is 2.23. The van der Waals surface area contributed by atoms with Crippen LogP contribution in [0, 0.1) is 0 Å². The quantitative estimate of drug-likeness (QED) is 0.832. The first kappa shape index (κ1) is 12.5. The van der Waals surface area contributed by atoms with Crippen molar-refractivity contribution in [2.24, 2.45) is 5.73 Å². The smallest absolute Gasteiger partial charge is 0.250 e. The number of aromatic nitrogens is 1. The number of methoxy groups -OCH3 is 2. The molecule has 0 aliphatic carbocycles. The summed E-state index contributed by atoms with van der Waals surface area (Å²) in [6, 6.07) is 9.17. The lowest BCUT2D eigenvalue weighted by Crippen LogP contribution is -2.18. The molecule has 0 aliphatic rings. The molecule has 5 nitrogen and oxygen atoms in total. The maximum atomic E-state index is 11.5. The van der Waals surface area contributed by atoms with Crippen LogP contribution in [0.5, 0.6) is 0 Å². The van der Waals surface area contributed by atoms with E-state index >= 15 is 0 Å². The van der Waals surface area contributed by atoms with Crippen LogP contribution in [0.1, 0.15) is 22.3 Å². The van der Waals surface area contributed by atoms with Crippen molar-refractivity contribution in [2.75, 3.05) is 14.2 Å². The molecular formula is C13H14N2O3. The molecule has 1 aromatic heterocycles. The lowest BCUT2D eigenvalue weighted by atomic mass is 10.1. The van der Waals surface area contributed by atoms with Gasteiger partial charge in [-0.25, -0.2) is 4.98 Å². The molecule has 0 fully saturated rings. The van der Waals surface area contributed by atoms with Crippen LogP contribution < -0.4 is 5.73 Å². The standard InChI is InChI=1S/C13H14N2O3/c1-17-13(18-2)11-9(12(14)16)7-8-5-3-4-6-10(8)15-11/h3-7,13H,1-2H3,(H2,14,16). The van der Waals surface area contributed by atoms with Crippen molar-refractivity contribution in [1.82, 2.24) is 4.98 Å². The number of pyridine rings is 1. The van der Waals surface area contributed by atoms with Gasteiger partial charge in [-0.15, -0.1) is 0 Å². The molecule has 5 heteroatoms. The lowest BCUT2D eigenvalue weighted by Gasteiger charge is -2.16. The average molecular weight is 246 g/mol. The second-order valence-electron chi connectivity index (χ2n) is 3.78. The second kappa shape index (κ2) is 5.12. The van der Waals surface area contributed by atoms with Crippen molar-refractivity contribution in [3.63, 3.8) is 0 Å². The Bertz CT molecular complexity index is 579. The number of nitrogens with two attached hydrogens (primary N) is 1. The van der Waals surface area contributed by atoms with E-state index in [1.807, 2.05) is 24.3 Å². The van der Waals surface area contributed by atoms with Crippen LogP contribution >= 0.6 is 0 Å². The number of rotatable bonds is 4. The number of carbonyl (C=O) groups excluding carboxylic acids is 1. The van der Waals surface area contributed by atoms with Gasteiger partial charge < -0.3 is 15.2 Å². The van der Waals surface area contributed by atoms with Crippen LogP contribution in [-0.4, -0.2) is 25.1 Å². The molecular weight excluding hydrogens is 232 g/mol. The van der Waals surface area contributed by atoms with Gasteiger partial charge in [0.05, 0.1) is 11.1 Å². The Labute approximate surface area is 105 Å². The summed E-state index contributed by atoms with van der Waals surface area (Å²) >= 11 is 0. The van der Waals surface area contributed by atoms with Crippen LogP contribution in [0.2, 0.25) is 0 Å². The molecule has 0 saturated carbocycles. The van der Waals surface area contributed by atoms with Gasteiger partial charge in [-0.2, -0.15) is 0 Å². The van der Waals surface area contributed by atoms with Crippen molar-refractivity contribution >= 4 is 16.8 Å². The molecule has 1 amide bonds. The van der Waals surface area contributed by atoms with E-state index in [2.05, 4.69) is 4.98 Å². The minimum absolute atomic E-state index is 0.308. The van der Waals surface area contributed by atoms with E-state index in [0.717, 1.165) is 10.9 Å². The second-order valence-corrected chi connectivity index (χ2v) is 3.78. The molecule has 0 atom stereocenters. The largest absolute Gasteiger partial charge is 0.366 e. The summed E-state index contributed by atoms with van der Waals surface area (Å²) in [4.78, 5) is 15.9. The number of hydrogen-bond donors (Lipinski definition) is 1. The molecule has 94 valence electrons. The molecule has 0 spiro atoms. The van der Waals surface area contributed by atoms with Gasteiger partial charge in [0.1, 0.15) is 5.69 Å². The summed E-state index contributed by atoms with van der Waals surface area (Å²) in [5.41, 5.74) is 6.83. The van der Waals surface area contributed by atoms with Crippen molar-refractivity contribution in [3.8, 4) is 0 Å². The Kier molecular flexibility index (Phi) is 3.55. The van der Waals surface area contributed by atoms with Gasteiger partial charge >= 0.3 is 0 Å². The first-order valence-corrected chi connectivity index (χ1v) is 5.42. The summed E-state index contributed by atoms with van der Waals surface area (Å²) in [7, 11) is 2.96. The number of benzene rings is 1. The van der Waals surface area contributed by atoms with Gasteiger partial charge in [0.15, 0.2) is 0 Å². The lowest BCUT2D eigenvalue weighted by molar-refractivity contribution is -0.108. The Morgan fingerprint density at radius 2 is 1.94 bits per heavy atom. The molecule has 1 heterocycles. The van der Waals surface area contributed by atoms with Crippen LogP contribution in [0.15, 0.2) is 30.3 Å². The molecule has 0 unspecified atom stereocenters. The monoisotopic (exact) mass is 246 g/mol. The summed E-state index contributed by atoms with van der Waals surface area (Å²) in [6.45, 7) is 0. The van der Waals surface area contributed by atoms with E-state index < -0.39 is 12.2 Å². The van der Waals surface area contributed by atoms with Gasteiger partial charge in [0.2, 0.25) is 6.29 Å². The molecule has 1 aromatic carbocycles. The Hall–Kier alpha value is -1.98. The predicted molar refractivity (Wildman–Crippen MR) is 67.0 cm³/mol. The number of nitrogens with zero attached hydrogens (tertiary/aromatic N) is 1. The van der Waals surface area contributed by atoms with E-state index in [-0.39, 0.29) is 0 Å². The van der Waals surface area contributed by atoms with Gasteiger partial charge in [-0.1, -0.05) is 18.2 Å². The van der Waals surface area contributed by atoms with Crippen LogP contribution in [0.25, 0.3) is 10.9 Å². The number of amides is 1. The maximum Gasteiger partial charge on any atom is 0.250 e. The summed E-state index contributed by atoms with van der Waals surface area (Å²) in [6.07, 6.45) is -0.711. The van der Waals surface area contributed by atoms with Crippen molar-refractivity contribution in [1.29, 1.82) is 0 Å². The van der Waals surface area contributed by atoms with Crippen LogP contribution in [-0.2, 0) is 9.47 Å². The number of ether oxygens (including phenoxy) is 2. The highest BCUT2D eigenvalue weighted by Gasteiger charge is 2.20. The third-order valence-corrected chi connectivity index (χ3v) is 2.67. The molecule has 2 rings (SSSR count). The molecule has 2 N–H and O–H groups in total. The molecule has 0 saturated heterocycles. The number of carbonyl (C=O) groups is 1. The minimum atomic E-state index is -0.711. The van der Waals surface area contributed by atoms with E-state index in [4.69, 9.17) is 15.2 Å². The van der Waals surface area contributed by atoms with E-state index in [9.17, 15) is 4.79 Å². The number of fused-ring (bicyclic) bond motifs is 1. The normalized spacial score (nSPS) is 11.1. The van der Waals surface area contributed by atoms with E-state index in [0.29, 0.717) is 11.3 Å². The fourth-order valence-electron chi connectivity index (χ4n) is 1.83. The average Bonchev–Trinajstić information content (AvgIpc) is 2.39. The van der Waals surface area contributed by atoms with E-state index in [1.54, 1.807) is 6.07 Å². The highest BCUT2D eigenvalue weighted by atomic mass is 16.7. The van der Waals surface area contributed by atoms with E-state index in [1.165, 1.54) is 14.2 Å². The first-order chi connectivity index (χ1) is 8.67. The fraction of sp³-hybridized carbons (Fsp3) is 0.231. The molecule has 2 aromatic rings. The van der Waals surface area contributed by atoms with Crippen molar-refractivity contribution < 1.29 is 14.3 Å².